The lowest BCUT2D eigenvalue weighted by Crippen LogP contribution is -2.24. The van der Waals surface area contributed by atoms with E-state index in [0.717, 1.165) is 0 Å². The fourth-order valence-corrected chi connectivity index (χ4v) is 1.54. The molecule has 0 aromatic heterocycles. The highest BCUT2D eigenvalue weighted by Gasteiger charge is 2.26. The summed E-state index contributed by atoms with van der Waals surface area (Å²) in [5.41, 5.74) is 0.853. The summed E-state index contributed by atoms with van der Waals surface area (Å²) in [5.74, 6) is -0.188. The molecule has 2 rings (SSSR count). The summed E-state index contributed by atoms with van der Waals surface area (Å²) in [7, 11) is 0. The number of hydrogen-bond acceptors (Lipinski definition) is 4. The van der Waals surface area contributed by atoms with Crippen molar-refractivity contribution >= 4 is 17.9 Å². The molecule has 1 heterocycles. The molecule has 1 unspecified atom stereocenters. The fraction of sp³-hybridized carbons (Fsp3) is 0.250. The lowest BCUT2D eigenvalue weighted by Gasteiger charge is -2.05. The van der Waals surface area contributed by atoms with Crippen LogP contribution < -0.4 is 5.32 Å². The fourth-order valence-electron chi connectivity index (χ4n) is 1.54. The van der Waals surface area contributed by atoms with Crippen molar-refractivity contribution in [2.75, 3.05) is 6.54 Å². The smallest absolute Gasteiger partial charge is 0.263 e. The molecule has 1 saturated heterocycles. The van der Waals surface area contributed by atoms with Gasteiger partial charge in [-0.2, -0.15) is 0 Å². The van der Waals surface area contributed by atoms with Gasteiger partial charge in [0.2, 0.25) is 6.10 Å². The third-order valence-electron chi connectivity index (χ3n) is 2.46. The van der Waals surface area contributed by atoms with Gasteiger partial charge in [-0.3, -0.25) is 9.59 Å². The van der Waals surface area contributed by atoms with Crippen LogP contribution in [-0.2, 0) is 14.4 Å². The van der Waals surface area contributed by atoms with Crippen LogP contribution in [-0.4, -0.2) is 30.6 Å². The summed E-state index contributed by atoms with van der Waals surface area (Å²) >= 11 is 0. The molecule has 1 fully saturated rings. The van der Waals surface area contributed by atoms with Crippen molar-refractivity contribution in [3.63, 3.8) is 0 Å². The summed E-state index contributed by atoms with van der Waals surface area (Å²) < 4.78 is 0. The summed E-state index contributed by atoms with van der Waals surface area (Å²) in [6.45, 7) is 0.584. The van der Waals surface area contributed by atoms with Gasteiger partial charge in [-0.15, -0.1) is 0 Å². The van der Waals surface area contributed by atoms with Crippen LogP contribution >= 0.6 is 0 Å². The van der Waals surface area contributed by atoms with Crippen molar-refractivity contribution in [1.29, 1.82) is 0 Å². The number of rotatable bonds is 4. The van der Waals surface area contributed by atoms with E-state index in [1.54, 1.807) is 24.3 Å². The predicted octanol–water partition coefficient (Wildman–Crippen LogP) is 0.495. The Balaban J connectivity index is 2.08. The Morgan fingerprint density at radius 1 is 1.41 bits per heavy atom. The first-order valence-corrected chi connectivity index (χ1v) is 5.33. The van der Waals surface area contributed by atoms with E-state index >= 15 is 0 Å². The number of hydrogen-bond donors (Lipinski definition) is 1. The summed E-state index contributed by atoms with van der Waals surface area (Å²) in [4.78, 5) is 27.2. The maximum Gasteiger partial charge on any atom is 0.263 e. The van der Waals surface area contributed by atoms with Gasteiger partial charge in [0.05, 0.1) is 0 Å². The number of carbonyl (C=O) groups is 2. The largest absolute Gasteiger partial charge is 0.382 e. The van der Waals surface area contributed by atoms with Crippen LogP contribution in [0.1, 0.15) is 12.0 Å². The molecule has 0 spiro atoms. The monoisotopic (exact) mass is 232 g/mol. The molecular formula is C12H12N2O3. The van der Waals surface area contributed by atoms with Crippen LogP contribution in [0, 0.1) is 0 Å². The average molecular weight is 232 g/mol. The Morgan fingerprint density at radius 3 is 2.76 bits per heavy atom. The second kappa shape index (κ2) is 5.25. The molecule has 0 radical (unpaired) electrons. The maximum absolute atomic E-state index is 11.2. The minimum atomic E-state index is -0.589. The first-order valence-electron chi connectivity index (χ1n) is 5.33. The Morgan fingerprint density at radius 2 is 2.18 bits per heavy atom. The van der Waals surface area contributed by atoms with E-state index in [1.807, 2.05) is 6.07 Å². The molecule has 5 nitrogen and oxygen atoms in total. The SMILES string of the molecule is O=CC(=NOC1CCNC1=O)c1ccccc1. The number of carbonyl (C=O) groups excluding carboxylic acids is 2. The van der Waals surface area contributed by atoms with Crippen LogP contribution in [0.15, 0.2) is 35.5 Å². The van der Waals surface area contributed by atoms with Crippen LogP contribution in [0.2, 0.25) is 0 Å². The van der Waals surface area contributed by atoms with Crippen LogP contribution in [0.3, 0.4) is 0 Å². The highest BCUT2D eigenvalue weighted by Crippen LogP contribution is 2.07. The third-order valence-corrected chi connectivity index (χ3v) is 2.46. The van der Waals surface area contributed by atoms with Crippen molar-refractivity contribution in [3.05, 3.63) is 35.9 Å². The van der Waals surface area contributed by atoms with Gasteiger partial charge in [-0.25, -0.2) is 0 Å². The van der Waals surface area contributed by atoms with E-state index in [4.69, 9.17) is 4.84 Å². The van der Waals surface area contributed by atoms with E-state index in [9.17, 15) is 9.59 Å². The molecule has 1 aromatic rings. The maximum atomic E-state index is 11.2. The zero-order chi connectivity index (χ0) is 12.1. The van der Waals surface area contributed by atoms with Crippen molar-refractivity contribution < 1.29 is 14.4 Å². The quantitative estimate of drug-likeness (QED) is 0.467. The predicted molar refractivity (Wildman–Crippen MR) is 61.5 cm³/mol. The van der Waals surface area contributed by atoms with Crippen molar-refractivity contribution in [1.82, 2.24) is 5.32 Å². The molecule has 1 atom stereocenters. The first-order chi connectivity index (χ1) is 8.31. The Hall–Kier alpha value is -2.17. The van der Waals surface area contributed by atoms with Gasteiger partial charge < -0.3 is 10.2 Å². The highest BCUT2D eigenvalue weighted by molar-refractivity contribution is 6.36. The second-order valence-corrected chi connectivity index (χ2v) is 3.63. The summed E-state index contributed by atoms with van der Waals surface area (Å²) in [6, 6.07) is 8.96. The summed E-state index contributed by atoms with van der Waals surface area (Å²) in [6.07, 6.45) is 0.597. The van der Waals surface area contributed by atoms with Crippen LogP contribution in [0.25, 0.3) is 0 Å². The number of nitrogens with zero attached hydrogens (tertiary/aromatic N) is 1. The van der Waals surface area contributed by atoms with Gasteiger partial charge in [0.15, 0.2) is 6.29 Å². The van der Waals surface area contributed by atoms with Gasteiger partial charge >= 0.3 is 0 Å². The molecule has 0 aliphatic carbocycles. The molecule has 1 aliphatic rings. The summed E-state index contributed by atoms with van der Waals surface area (Å²) in [5, 5.41) is 6.36. The topological polar surface area (TPSA) is 67.8 Å². The first kappa shape index (κ1) is 11.3. The van der Waals surface area contributed by atoms with Crippen molar-refractivity contribution in [2.24, 2.45) is 5.16 Å². The Bertz CT molecular complexity index is 442. The second-order valence-electron chi connectivity index (χ2n) is 3.63. The van der Waals surface area contributed by atoms with E-state index in [-0.39, 0.29) is 11.6 Å². The van der Waals surface area contributed by atoms with Gasteiger partial charge in [0, 0.05) is 18.5 Å². The zero-order valence-electron chi connectivity index (χ0n) is 9.13. The number of oxime groups is 1. The number of aldehydes is 1. The number of nitrogens with one attached hydrogen (secondary N) is 1. The molecule has 0 bridgehead atoms. The number of benzene rings is 1. The average Bonchev–Trinajstić information content (AvgIpc) is 2.77. The third kappa shape index (κ3) is 2.69. The molecule has 17 heavy (non-hydrogen) atoms. The molecule has 0 saturated carbocycles. The standard InChI is InChI=1S/C12H12N2O3/c15-8-10(9-4-2-1-3-5-9)14-17-11-6-7-13-12(11)16/h1-5,8,11H,6-7H2,(H,13,16). The van der Waals surface area contributed by atoms with Crippen molar-refractivity contribution in [3.8, 4) is 0 Å². The highest BCUT2D eigenvalue weighted by atomic mass is 16.6. The van der Waals surface area contributed by atoms with Gasteiger partial charge in [-0.1, -0.05) is 35.5 Å². The van der Waals surface area contributed by atoms with Gasteiger partial charge in [-0.05, 0) is 0 Å². The Labute approximate surface area is 98.5 Å². The van der Waals surface area contributed by atoms with E-state index in [1.165, 1.54) is 0 Å². The molecule has 1 aromatic carbocycles. The zero-order valence-corrected chi connectivity index (χ0v) is 9.13. The molecule has 5 heteroatoms. The van der Waals surface area contributed by atoms with Gasteiger partial charge in [0.25, 0.3) is 5.91 Å². The lowest BCUT2D eigenvalue weighted by molar-refractivity contribution is -0.129. The van der Waals surface area contributed by atoms with Crippen molar-refractivity contribution in [2.45, 2.75) is 12.5 Å². The minimum Gasteiger partial charge on any atom is -0.382 e. The minimum absolute atomic E-state index is 0.185. The van der Waals surface area contributed by atoms with Gasteiger partial charge in [0.1, 0.15) is 5.71 Å². The lowest BCUT2D eigenvalue weighted by atomic mass is 10.1. The number of amides is 1. The van der Waals surface area contributed by atoms with E-state index in [0.29, 0.717) is 24.8 Å². The molecule has 88 valence electrons. The van der Waals surface area contributed by atoms with Crippen LogP contribution in [0.5, 0.6) is 0 Å². The molecule has 1 N–H and O–H groups in total. The van der Waals surface area contributed by atoms with E-state index in [2.05, 4.69) is 10.5 Å². The molecule has 1 aliphatic heterocycles. The normalized spacial score (nSPS) is 19.9. The molecular weight excluding hydrogens is 220 g/mol. The Kier molecular flexibility index (Phi) is 3.49. The van der Waals surface area contributed by atoms with Crippen LogP contribution in [0.4, 0.5) is 0 Å². The van der Waals surface area contributed by atoms with E-state index < -0.39 is 6.10 Å². The molecule has 1 amide bonds.